The quantitative estimate of drug-likeness (QED) is 0.721. The zero-order chi connectivity index (χ0) is 18.4. The Balaban J connectivity index is 1.47. The van der Waals surface area contributed by atoms with E-state index in [1.165, 1.54) is 11.1 Å². The van der Waals surface area contributed by atoms with Crippen LogP contribution in [0.25, 0.3) is 11.0 Å². The van der Waals surface area contributed by atoms with E-state index < -0.39 is 0 Å². The van der Waals surface area contributed by atoms with Crippen LogP contribution in [0.2, 0.25) is 0 Å². The number of benzene rings is 2. The Morgan fingerprint density at radius 1 is 1.22 bits per heavy atom. The van der Waals surface area contributed by atoms with Crippen molar-refractivity contribution in [3.05, 3.63) is 65.0 Å². The molecule has 0 radical (unpaired) electrons. The number of carbonyl (C=O) groups excluding carboxylic acids is 1. The van der Waals surface area contributed by atoms with E-state index in [2.05, 4.69) is 27.0 Å². The predicted octanol–water partition coefficient (Wildman–Crippen LogP) is 3.77. The van der Waals surface area contributed by atoms with Crippen molar-refractivity contribution in [2.45, 2.75) is 37.6 Å². The van der Waals surface area contributed by atoms with Gasteiger partial charge in [-0.2, -0.15) is 5.26 Å². The van der Waals surface area contributed by atoms with Crippen LogP contribution in [0, 0.1) is 11.3 Å². The Morgan fingerprint density at radius 2 is 2.15 bits per heavy atom. The molecule has 27 heavy (non-hydrogen) atoms. The van der Waals surface area contributed by atoms with Crippen LogP contribution in [0.15, 0.2) is 42.7 Å². The molecule has 2 atom stereocenters. The van der Waals surface area contributed by atoms with Gasteiger partial charge in [0.1, 0.15) is 0 Å². The van der Waals surface area contributed by atoms with Gasteiger partial charge < -0.3 is 9.88 Å². The number of nitriles is 1. The molecule has 2 aromatic carbocycles. The molecule has 5 rings (SSSR count). The number of aromatic nitrogens is 2. The molecule has 5 nitrogen and oxygen atoms in total. The average molecular weight is 356 g/mol. The van der Waals surface area contributed by atoms with Gasteiger partial charge in [0, 0.05) is 24.1 Å². The molecule has 134 valence electrons. The maximum Gasteiger partial charge on any atom is 0.254 e. The van der Waals surface area contributed by atoms with Crippen LogP contribution in [-0.2, 0) is 6.42 Å². The van der Waals surface area contributed by atoms with Crippen LogP contribution in [-0.4, -0.2) is 33.4 Å². The lowest BCUT2D eigenvalue weighted by atomic mass is 9.74. The fourth-order valence-electron chi connectivity index (χ4n) is 4.82. The number of amides is 1. The van der Waals surface area contributed by atoms with Crippen molar-refractivity contribution >= 4 is 16.9 Å². The van der Waals surface area contributed by atoms with Gasteiger partial charge in [0.2, 0.25) is 0 Å². The maximum absolute atomic E-state index is 13.3. The average Bonchev–Trinajstić information content (AvgIpc) is 3.20. The minimum Gasteiger partial charge on any atom is -0.345 e. The van der Waals surface area contributed by atoms with Crippen molar-refractivity contribution in [3.8, 4) is 6.07 Å². The van der Waals surface area contributed by atoms with E-state index >= 15 is 0 Å². The van der Waals surface area contributed by atoms with E-state index in [-0.39, 0.29) is 11.9 Å². The molecule has 3 aromatic rings. The maximum atomic E-state index is 13.3. The minimum atomic E-state index is 0.110. The summed E-state index contributed by atoms with van der Waals surface area (Å²) in [6.07, 6.45) is 5.66. The summed E-state index contributed by atoms with van der Waals surface area (Å²) in [6.45, 7) is 0.812. The molecule has 2 heterocycles. The van der Waals surface area contributed by atoms with E-state index in [1.54, 1.807) is 6.33 Å². The third-order valence-electron chi connectivity index (χ3n) is 6.09. The number of rotatable bonds is 1. The van der Waals surface area contributed by atoms with Crippen LogP contribution in [0.5, 0.6) is 0 Å². The lowest BCUT2D eigenvalue weighted by Crippen LogP contribution is -2.49. The molecule has 1 N–H and O–H groups in total. The third-order valence-corrected chi connectivity index (χ3v) is 6.09. The highest BCUT2D eigenvalue weighted by molar-refractivity contribution is 5.97. The normalized spacial score (nSPS) is 21.4. The van der Waals surface area contributed by atoms with E-state index in [9.17, 15) is 4.79 Å². The predicted molar refractivity (Wildman–Crippen MR) is 102 cm³/mol. The Morgan fingerprint density at radius 3 is 3.04 bits per heavy atom. The van der Waals surface area contributed by atoms with E-state index in [0.29, 0.717) is 5.92 Å². The van der Waals surface area contributed by atoms with Gasteiger partial charge in [0.15, 0.2) is 0 Å². The van der Waals surface area contributed by atoms with E-state index in [0.717, 1.165) is 54.4 Å². The number of piperidine rings is 1. The number of hydrogen-bond donors (Lipinski definition) is 1. The van der Waals surface area contributed by atoms with Crippen molar-refractivity contribution < 1.29 is 4.79 Å². The molecule has 1 aliphatic carbocycles. The summed E-state index contributed by atoms with van der Waals surface area (Å²) in [5, 5.41) is 9.16. The Bertz CT molecular complexity index is 1080. The van der Waals surface area contributed by atoms with Crippen LogP contribution in [0.4, 0.5) is 0 Å². The topological polar surface area (TPSA) is 72.8 Å². The highest BCUT2D eigenvalue weighted by Crippen LogP contribution is 2.41. The van der Waals surface area contributed by atoms with Crippen LogP contribution in [0.3, 0.4) is 0 Å². The second kappa shape index (κ2) is 6.24. The van der Waals surface area contributed by atoms with Gasteiger partial charge in [-0.15, -0.1) is 0 Å². The van der Waals surface area contributed by atoms with Crippen molar-refractivity contribution in [3.63, 3.8) is 0 Å². The summed E-state index contributed by atoms with van der Waals surface area (Å²) >= 11 is 0. The second-order valence-electron chi connectivity index (χ2n) is 7.51. The number of aryl methyl sites for hydroxylation is 1. The van der Waals surface area contributed by atoms with Gasteiger partial charge in [-0.1, -0.05) is 6.07 Å². The molecule has 1 saturated heterocycles. The van der Waals surface area contributed by atoms with Gasteiger partial charge in [-0.3, -0.25) is 4.79 Å². The summed E-state index contributed by atoms with van der Waals surface area (Å²) in [5.41, 5.74) is 5.83. The SMILES string of the molecule is N#Cc1ccc2c(c1)CCC1C2CCCN1C(=O)c1ccc2nc[nH]c2c1. The number of carbonyl (C=O) groups is 1. The first kappa shape index (κ1) is 16.1. The standard InChI is InChI=1S/C22H20N4O/c23-12-14-3-6-17-15(10-14)5-8-21-18(17)2-1-9-26(21)22(27)16-4-7-19-20(11-16)25-13-24-19/h3-4,6-7,10-11,13,18,21H,1-2,5,8-9H2,(H,24,25). The van der Waals surface area contributed by atoms with Crippen molar-refractivity contribution in [1.82, 2.24) is 14.9 Å². The molecule has 1 fully saturated rings. The Kier molecular flexibility index (Phi) is 3.71. The number of fused-ring (bicyclic) bond motifs is 4. The molecule has 1 aromatic heterocycles. The number of likely N-dealkylation sites (tertiary alicyclic amines) is 1. The fraction of sp³-hybridized carbons (Fsp3) is 0.318. The Hall–Kier alpha value is -3.13. The smallest absolute Gasteiger partial charge is 0.254 e. The van der Waals surface area contributed by atoms with E-state index in [4.69, 9.17) is 5.26 Å². The van der Waals surface area contributed by atoms with E-state index in [1.807, 2.05) is 30.3 Å². The molecule has 0 spiro atoms. The van der Waals surface area contributed by atoms with Crippen molar-refractivity contribution in [2.75, 3.05) is 6.54 Å². The largest absolute Gasteiger partial charge is 0.345 e. The van der Waals surface area contributed by atoms with Gasteiger partial charge >= 0.3 is 0 Å². The zero-order valence-electron chi connectivity index (χ0n) is 15.0. The first-order chi connectivity index (χ1) is 13.2. The van der Waals surface area contributed by atoms with Gasteiger partial charge in [-0.05, 0) is 67.1 Å². The van der Waals surface area contributed by atoms with Gasteiger partial charge in [0.25, 0.3) is 5.91 Å². The molecule has 5 heteroatoms. The molecular formula is C22H20N4O. The molecule has 0 saturated carbocycles. The zero-order valence-corrected chi connectivity index (χ0v) is 15.0. The highest BCUT2D eigenvalue weighted by Gasteiger charge is 2.38. The van der Waals surface area contributed by atoms with Crippen LogP contribution >= 0.6 is 0 Å². The summed E-state index contributed by atoms with van der Waals surface area (Å²) in [7, 11) is 0. The fourth-order valence-corrected chi connectivity index (χ4v) is 4.82. The lowest BCUT2D eigenvalue weighted by molar-refractivity contribution is 0.0547. The number of nitrogens with zero attached hydrogens (tertiary/aromatic N) is 3. The third kappa shape index (κ3) is 2.60. The van der Waals surface area contributed by atoms with Crippen molar-refractivity contribution in [1.29, 1.82) is 5.26 Å². The molecule has 1 amide bonds. The van der Waals surface area contributed by atoms with Crippen molar-refractivity contribution in [2.24, 2.45) is 0 Å². The molecule has 0 bridgehead atoms. The summed E-state index contributed by atoms with van der Waals surface area (Å²) in [6, 6.07) is 14.2. The number of imidazole rings is 1. The van der Waals surface area contributed by atoms with Gasteiger partial charge in [0.05, 0.1) is 29.0 Å². The van der Waals surface area contributed by atoms with Crippen LogP contribution in [0.1, 0.15) is 52.2 Å². The first-order valence-corrected chi connectivity index (χ1v) is 9.51. The minimum absolute atomic E-state index is 0.110. The summed E-state index contributed by atoms with van der Waals surface area (Å²) in [4.78, 5) is 22.7. The number of nitrogens with one attached hydrogen (secondary N) is 1. The first-order valence-electron chi connectivity index (χ1n) is 9.51. The molecular weight excluding hydrogens is 336 g/mol. The number of hydrogen-bond acceptors (Lipinski definition) is 3. The van der Waals surface area contributed by atoms with Crippen LogP contribution < -0.4 is 0 Å². The lowest BCUT2D eigenvalue weighted by Gasteiger charge is -2.45. The Labute approximate surface area is 157 Å². The highest BCUT2D eigenvalue weighted by atomic mass is 16.2. The molecule has 2 unspecified atom stereocenters. The monoisotopic (exact) mass is 356 g/mol. The molecule has 1 aliphatic heterocycles. The summed E-state index contributed by atoms with van der Waals surface area (Å²) in [5.74, 6) is 0.480. The second-order valence-corrected chi connectivity index (χ2v) is 7.51. The molecule has 2 aliphatic rings. The number of aromatic amines is 1. The number of H-pyrrole nitrogens is 1. The van der Waals surface area contributed by atoms with Gasteiger partial charge in [-0.25, -0.2) is 4.98 Å². The summed E-state index contributed by atoms with van der Waals surface area (Å²) < 4.78 is 0.